The molecule has 1 unspecified atom stereocenters. The highest BCUT2D eigenvalue weighted by molar-refractivity contribution is 4.49. The summed E-state index contributed by atoms with van der Waals surface area (Å²) in [7, 11) is 0. The summed E-state index contributed by atoms with van der Waals surface area (Å²) in [6.45, 7) is 16.4. The van der Waals surface area contributed by atoms with Crippen molar-refractivity contribution in [2.45, 2.75) is 92.1 Å². The zero-order valence-corrected chi connectivity index (χ0v) is 16.1. The van der Waals surface area contributed by atoms with Crippen molar-refractivity contribution in [1.82, 2.24) is 0 Å². The zero-order chi connectivity index (χ0) is 17.3. The van der Waals surface area contributed by atoms with E-state index in [-0.39, 0.29) is 6.61 Å². The van der Waals surface area contributed by atoms with Crippen LogP contribution in [-0.2, 0) is 0 Å². The normalized spacial score (nSPS) is 12.7. The van der Waals surface area contributed by atoms with Gasteiger partial charge in [0.25, 0.3) is 0 Å². The lowest BCUT2D eigenvalue weighted by atomic mass is 10.1. The third-order valence-electron chi connectivity index (χ3n) is 4.21. The fourth-order valence-corrected chi connectivity index (χ4v) is 2.64. The van der Waals surface area contributed by atoms with Crippen LogP contribution in [0.2, 0.25) is 0 Å². The van der Waals surface area contributed by atoms with Gasteiger partial charge in [-0.3, -0.25) is 0 Å². The van der Waals surface area contributed by atoms with Crippen molar-refractivity contribution >= 4 is 0 Å². The zero-order valence-electron chi connectivity index (χ0n) is 16.1. The first kappa shape index (κ1) is 24.1. The number of aliphatic hydroxyl groups excluding tert-OH is 2. The standard InChI is InChI=1S/C16H36N.C3H8O2/c1-5-9-13-17(14-10-6-2,15-11-7-3)16-12-8-4;1-3(5)2-4/h5-16H2,1-4H3;3-5H,2H2,1H3/q+1;. The highest BCUT2D eigenvalue weighted by Crippen LogP contribution is 2.16. The highest BCUT2D eigenvalue weighted by Gasteiger charge is 2.24. The largest absolute Gasteiger partial charge is 0.394 e. The third-order valence-corrected chi connectivity index (χ3v) is 4.21. The maximum atomic E-state index is 8.11. The van der Waals surface area contributed by atoms with Gasteiger partial charge in [-0.2, -0.15) is 0 Å². The number of hydrogen-bond donors (Lipinski definition) is 2. The minimum absolute atomic E-state index is 0.139. The second kappa shape index (κ2) is 17.2. The molecule has 1 atom stereocenters. The van der Waals surface area contributed by atoms with Crippen LogP contribution in [0.25, 0.3) is 0 Å². The Morgan fingerprint density at radius 3 is 1.05 bits per heavy atom. The molecule has 0 radical (unpaired) electrons. The Balaban J connectivity index is 0. The van der Waals surface area contributed by atoms with Crippen molar-refractivity contribution in [3.8, 4) is 0 Å². The average Bonchev–Trinajstić information content (AvgIpc) is 2.54. The summed E-state index contributed by atoms with van der Waals surface area (Å²) < 4.78 is 1.42. The van der Waals surface area contributed by atoms with Gasteiger partial charge in [-0.15, -0.1) is 0 Å². The van der Waals surface area contributed by atoms with Crippen molar-refractivity contribution < 1.29 is 14.7 Å². The Labute approximate surface area is 140 Å². The van der Waals surface area contributed by atoms with Gasteiger partial charge < -0.3 is 14.7 Å². The predicted octanol–water partition coefficient (Wildman–Crippen LogP) is 4.36. The fourth-order valence-electron chi connectivity index (χ4n) is 2.64. The van der Waals surface area contributed by atoms with E-state index in [9.17, 15) is 0 Å². The number of unbranched alkanes of at least 4 members (excludes halogenated alkanes) is 4. The van der Waals surface area contributed by atoms with Crippen molar-refractivity contribution in [3.05, 3.63) is 0 Å². The summed E-state index contributed by atoms with van der Waals surface area (Å²) in [4.78, 5) is 0. The van der Waals surface area contributed by atoms with Gasteiger partial charge >= 0.3 is 0 Å². The predicted molar refractivity (Wildman–Crippen MR) is 98.1 cm³/mol. The number of aliphatic hydroxyl groups is 2. The molecule has 3 nitrogen and oxygen atoms in total. The van der Waals surface area contributed by atoms with Gasteiger partial charge in [0.2, 0.25) is 0 Å². The van der Waals surface area contributed by atoms with Crippen LogP contribution in [0, 0.1) is 0 Å². The van der Waals surface area contributed by atoms with Gasteiger partial charge in [0.05, 0.1) is 38.9 Å². The van der Waals surface area contributed by atoms with E-state index in [1.807, 2.05) is 0 Å². The van der Waals surface area contributed by atoms with Crippen LogP contribution in [0.4, 0.5) is 0 Å². The molecule has 0 bridgehead atoms. The molecule has 0 fully saturated rings. The molecule has 0 amide bonds. The fraction of sp³-hybridized carbons (Fsp3) is 1.00. The quantitative estimate of drug-likeness (QED) is 0.495. The van der Waals surface area contributed by atoms with Crippen LogP contribution >= 0.6 is 0 Å². The molecule has 3 heteroatoms. The van der Waals surface area contributed by atoms with Crippen LogP contribution in [0.15, 0.2) is 0 Å². The first-order valence-corrected chi connectivity index (χ1v) is 9.65. The number of hydrogen-bond acceptors (Lipinski definition) is 2. The summed E-state index contributed by atoms with van der Waals surface area (Å²) in [5, 5.41) is 16.0. The lowest BCUT2D eigenvalue weighted by Gasteiger charge is -2.39. The van der Waals surface area contributed by atoms with E-state index in [0.29, 0.717) is 0 Å². The molecule has 2 N–H and O–H groups in total. The van der Waals surface area contributed by atoms with Gasteiger partial charge in [-0.1, -0.05) is 53.4 Å². The molecule has 0 saturated carbocycles. The Kier molecular flexibility index (Phi) is 18.9. The molecule has 0 rings (SSSR count). The molecule has 22 heavy (non-hydrogen) atoms. The molecule has 0 spiro atoms. The maximum Gasteiger partial charge on any atom is 0.0786 e. The summed E-state index contributed by atoms with van der Waals surface area (Å²) in [6.07, 6.45) is 10.5. The highest BCUT2D eigenvalue weighted by atomic mass is 16.3. The Bertz CT molecular complexity index is 170. The van der Waals surface area contributed by atoms with Crippen molar-refractivity contribution in [2.24, 2.45) is 0 Å². The van der Waals surface area contributed by atoms with Gasteiger partial charge in [0.15, 0.2) is 0 Å². The van der Waals surface area contributed by atoms with Crippen molar-refractivity contribution in [3.63, 3.8) is 0 Å². The van der Waals surface area contributed by atoms with Crippen LogP contribution in [0.5, 0.6) is 0 Å². The first-order valence-electron chi connectivity index (χ1n) is 9.65. The molecular weight excluding hydrogens is 274 g/mol. The third kappa shape index (κ3) is 14.8. The summed E-state index contributed by atoms with van der Waals surface area (Å²) >= 11 is 0. The first-order chi connectivity index (χ1) is 10.5. The molecule has 0 aliphatic carbocycles. The lowest BCUT2D eigenvalue weighted by molar-refractivity contribution is -0.929. The van der Waals surface area contributed by atoms with Crippen molar-refractivity contribution in [2.75, 3.05) is 32.8 Å². The van der Waals surface area contributed by atoms with E-state index < -0.39 is 6.10 Å². The van der Waals surface area contributed by atoms with Gasteiger partial charge in [-0.05, 0) is 32.6 Å². The molecular formula is C19H44NO2+. The second-order valence-corrected chi connectivity index (χ2v) is 6.68. The lowest BCUT2D eigenvalue weighted by Crippen LogP contribution is -2.50. The average molecular weight is 319 g/mol. The minimum atomic E-state index is -0.560. The molecule has 0 saturated heterocycles. The number of nitrogens with zero attached hydrogens (tertiary/aromatic N) is 1. The van der Waals surface area contributed by atoms with E-state index in [1.165, 1.54) is 89.0 Å². The molecule has 0 aliphatic heterocycles. The van der Waals surface area contributed by atoms with E-state index in [2.05, 4.69) is 27.7 Å². The summed E-state index contributed by atoms with van der Waals surface area (Å²) in [5.74, 6) is 0. The Morgan fingerprint density at radius 2 is 0.909 bits per heavy atom. The maximum absolute atomic E-state index is 8.11. The molecule has 136 valence electrons. The SMILES string of the molecule is CC(O)CO.CCCC[N+](CCCC)(CCCC)CCCC. The van der Waals surface area contributed by atoms with Gasteiger partial charge in [-0.25, -0.2) is 0 Å². The summed E-state index contributed by atoms with van der Waals surface area (Å²) in [5.41, 5.74) is 0. The van der Waals surface area contributed by atoms with E-state index in [0.717, 1.165) is 0 Å². The van der Waals surface area contributed by atoms with E-state index in [4.69, 9.17) is 10.2 Å². The topological polar surface area (TPSA) is 40.5 Å². The van der Waals surface area contributed by atoms with Gasteiger partial charge in [0.1, 0.15) is 0 Å². The Hall–Kier alpha value is -0.120. The number of quaternary nitrogens is 1. The van der Waals surface area contributed by atoms with Crippen molar-refractivity contribution in [1.29, 1.82) is 0 Å². The molecule has 0 aliphatic rings. The molecule has 0 heterocycles. The van der Waals surface area contributed by atoms with Crippen LogP contribution in [-0.4, -0.2) is 53.6 Å². The van der Waals surface area contributed by atoms with Crippen LogP contribution < -0.4 is 0 Å². The second-order valence-electron chi connectivity index (χ2n) is 6.68. The Morgan fingerprint density at radius 1 is 0.682 bits per heavy atom. The molecule has 0 aromatic heterocycles. The molecule has 0 aromatic carbocycles. The number of rotatable bonds is 13. The van der Waals surface area contributed by atoms with Crippen LogP contribution in [0.3, 0.4) is 0 Å². The molecule has 0 aromatic rings. The van der Waals surface area contributed by atoms with E-state index >= 15 is 0 Å². The minimum Gasteiger partial charge on any atom is -0.394 e. The van der Waals surface area contributed by atoms with Crippen LogP contribution in [0.1, 0.15) is 86.0 Å². The van der Waals surface area contributed by atoms with Gasteiger partial charge in [0, 0.05) is 0 Å². The summed E-state index contributed by atoms with van der Waals surface area (Å²) in [6, 6.07) is 0. The smallest absolute Gasteiger partial charge is 0.0786 e. The monoisotopic (exact) mass is 318 g/mol. The van der Waals surface area contributed by atoms with E-state index in [1.54, 1.807) is 0 Å².